The summed E-state index contributed by atoms with van der Waals surface area (Å²) in [6.07, 6.45) is 2.59. The molecule has 3 heterocycles. The van der Waals surface area contributed by atoms with Crippen LogP contribution in [0.3, 0.4) is 0 Å². The molecule has 0 aliphatic carbocycles. The van der Waals surface area contributed by atoms with Crippen molar-refractivity contribution in [1.29, 1.82) is 0 Å². The Morgan fingerprint density at radius 1 is 1.38 bits per heavy atom. The average molecular weight is 442 g/mol. The molecule has 0 radical (unpaired) electrons. The first-order valence-corrected chi connectivity index (χ1v) is 8.81. The molecule has 0 bridgehead atoms. The highest BCUT2D eigenvalue weighted by molar-refractivity contribution is 7.19. The van der Waals surface area contributed by atoms with Crippen LogP contribution < -0.4 is 11.1 Å². The molecule has 0 aromatic carbocycles. The third-order valence-corrected chi connectivity index (χ3v) is 5.25. The largest absolute Gasteiger partial charge is 0.467 e. The lowest BCUT2D eigenvalue weighted by Gasteiger charge is -2.07. The molecule has 3 aromatic heterocycles. The number of anilines is 1. The van der Waals surface area contributed by atoms with Gasteiger partial charge in [0, 0.05) is 10.9 Å². The van der Waals surface area contributed by atoms with E-state index in [2.05, 4.69) is 15.3 Å². The molecule has 0 aliphatic rings. The molecule has 26 heavy (non-hydrogen) atoms. The van der Waals surface area contributed by atoms with Gasteiger partial charge >= 0.3 is 0 Å². The van der Waals surface area contributed by atoms with E-state index in [4.69, 9.17) is 21.8 Å². The van der Waals surface area contributed by atoms with E-state index >= 15 is 0 Å². The number of rotatable bonds is 7. The smallest absolute Gasteiger partial charge is 0.224 e. The quantitative estimate of drug-likeness (QED) is 0.508. The molecule has 0 amide bonds. The van der Waals surface area contributed by atoms with Crippen LogP contribution in [0.25, 0.3) is 10.2 Å². The maximum Gasteiger partial charge on any atom is 0.224 e. The van der Waals surface area contributed by atoms with Crippen molar-refractivity contribution in [1.82, 2.24) is 9.97 Å². The second-order valence-electron chi connectivity index (χ2n) is 5.54. The number of aryl methyl sites for hydroxylation is 1. The number of hydrogen-bond acceptors (Lipinski definition) is 6. The van der Waals surface area contributed by atoms with Gasteiger partial charge in [-0.15, -0.1) is 36.2 Å². The maximum atomic E-state index is 12.5. The molecule has 0 saturated carbocycles. The summed E-state index contributed by atoms with van der Waals surface area (Å²) in [5.41, 5.74) is 7.81. The highest BCUT2D eigenvalue weighted by Crippen LogP contribution is 2.35. The fraction of sp³-hybridized carbons (Fsp3) is 0.375. The van der Waals surface area contributed by atoms with Crippen LogP contribution in [0.5, 0.6) is 0 Å². The summed E-state index contributed by atoms with van der Waals surface area (Å²) < 4.78 is 18.7. The number of thiophene rings is 1. The predicted octanol–water partition coefficient (Wildman–Crippen LogP) is 4.93. The van der Waals surface area contributed by atoms with Gasteiger partial charge in [0.25, 0.3) is 0 Å². The molecule has 3 rings (SSSR count). The van der Waals surface area contributed by atoms with Crippen molar-refractivity contribution < 1.29 is 8.81 Å². The third kappa shape index (κ3) is 5.20. The molecule has 0 saturated heterocycles. The van der Waals surface area contributed by atoms with Crippen molar-refractivity contribution in [3.8, 4) is 0 Å². The van der Waals surface area contributed by atoms with Gasteiger partial charge in [-0.05, 0) is 49.1 Å². The monoisotopic (exact) mass is 440 g/mol. The van der Waals surface area contributed by atoms with E-state index in [1.807, 2.05) is 19.1 Å². The average Bonchev–Trinajstić information content (AvgIpc) is 3.15. The van der Waals surface area contributed by atoms with Crippen molar-refractivity contribution in [3.05, 3.63) is 39.9 Å². The minimum Gasteiger partial charge on any atom is -0.467 e. The molecule has 0 fully saturated rings. The lowest BCUT2D eigenvalue weighted by molar-refractivity contribution is 0.436. The van der Waals surface area contributed by atoms with E-state index in [9.17, 15) is 4.39 Å². The van der Waals surface area contributed by atoms with Crippen LogP contribution in [0.4, 0.5) is 10.2 Å². The molecule has 3 N–H and O–H groups in total. The zero-order valence-corrected chi connectivity index (χ0v) is 17.2. The molecular formula is C16H20Cl3FN4OS. The van der Waals surface area contributed by atoms with Crippen LogP contribution in [-0.4, -0.2) is 22.7 Å². The lowest BCUT2D eigenvalue weighted by Crippen LogP contribution is -2.23. The summed E-state index contributed by atoms with van der Waals surface area (Å²) in [6.45, 7) is 2.08. The molecule has 5 nitrogen and oxygen atoms in total. The maximum absolute atomic E-state index is 12.5. The van der Waals surface area contributed by atoms with Gasteiger partial charge in [0.1, 0.15) is 11.6 Å². The molecule has 10 heteroatoms. The number of alkyl halides is 1. The Balaban J connectivity index is 0.00000169. The van der Waals surface area contributed by atoms with Crippen LogP contribution in [0.15, 0.2) is 22.8 Å². The van der Waals surface area contributed by atoms with E-state index < -0.39 is 6.67 Å². The summed E-state index contributed by atoms with van der Waals surface area (Å²) in [5.74, 6) is 1.47. The van der Waals surface area contributed by atoms with Gasteiger partial charge in [-0.1, -0.05) is 0 Å². The second-order valence-corrected chi connectivity index (χ2v) is 6.99. The molecule has 1 atom stereocenters. The number of aromatic nitrogens is 2. The molecule has 0 aliphatic heterocycles. The molecular weight excluding hydrogens is 422 g/mol. The lowest BCUT2D eigenvalue weighted by atomic mass is 10.1. The molecule has 3 aromatic rings. The van der Waals surface area contributed by atoms with Gasteiger partial charge in [-0.3, -0.25) is 4.39 Å². The van der Waals surface area contributed by atoms with Crippen molar-refractivity contribution in [2.24, 2.45) is 5.73 Å². The van der Waals surface area contributed by atoms with Crippen molar-refractivity contribution in [2.45, 2.75) is 32.4 Å². The number of nitrogens with two attached hydrogens (primary N) is 1. The van der Waals surface area contributed by atoms with Crippen LogP contribution in [0, 0.1) is 6.92 Å². The van der Waals surface area contributed by atoms with Gasteiger partial charge in [0.15, 0.2) is 0 Å². The van der Waals surface area contributed by atoms with Crippen molar-refractivity contribution in [3.63, 3.8) is 0 Å². The standard InChI is InChI=1S/C16H18ClFN4OS.2ClH/c1-9-12(7-10(19)4-5-18)24-14-13(9)21-16(17)22-15(14)20-8-11-3-2-6-23-11;;/h2-3,6,10H,4-5,7-8,19H2,1H3,(H,20,21,22);2*1H/t10-;;/m0../s1. The number of fused-ring (bicyclic) bond motifs is 1. The molecule has 144 valence electrons. The first kappa shape index (κ1) is 22.9. The third-order valence-electron chi connectivity index (χ3n) is 3.77. The summed E-state index contributed by atoms with van der Waals surface area (Å²) in [6, 6.07) is 3.51. The van der Waals surface area contributed by atoms with Gasteiger partial charge < -0.3 is 15.5 Å². The second kappa shape index (κ2) is 10.3. The van der Waals surface area contributed by atoms with E-state index in [1.165, 1.54) is 0 Å². The van der Waals surface area contributed by atoms with E-state index in [0.717, 1.165) is 26.4 Å². The SMILES string of the molecule is Cc1c(C[C@@H](N)CCF)sc2c(NCc3ccco3)nc(Cl)nc12.Cl.Cl. The highest BCUT2D eigenvalue weighted by Gasteiger charge is 2.17. The van der Waals surface area contributed by atoms with Gasteiger partial charge in [0.2, 0.25) is 5.28 Å². The number of halogens is 4. The number of nitrogens with one attached hydrogen (secondary N) is 1. The normalized spacial score (nSPS) is 11.7. The van der Waals surface area contributed by atoms with Crippen molar-refractivity contribution in [2.75, 3.05) is 12.0 Å². The zero-order valence-electron chi connectivity index (χ0n) is 14.0. The Hall–Kier alpha value is -1.12. The predicted molar refractivity (Wildman–Crippen MR) is 110 cm³/mol. The summed E-state index contributed by atoms with van der Waals surface area (Å²) in [7, 11) is 0. The highest BCUT2D eigenvalue weighted by atomic mass is 35.5. The minimum absolute atomic E-state index is 0. The number of nitrogens with zero attached hydrogens (tertiary/aromatic N) is 2. The Morgan fingerprint density at radius 3 is 2.81 bits per heavy atom. The zero-order chi connectivity index (χ0) is 17.1. The van der Waals surface area contributed by atoms with Crippen molar-refractivity contribution >= 4 is 63.8 Å². The Labute approximate surface area is 172 Å². The summed E-state index contributed by atoms with van der Waals surface area (Å²) in [5, 5.41) is 3.42. The number of furan rings is 1. The van der Waals surface area contributed by atoms with Crippen LogP contribution >= 0.6 is 47.8 Å². The Bertz CT molecular complexity index is 829. The topological polar surface area (TPSA) is 77.0 Å². The van der Waals surface area contributed by atoms with Crippen LogP contribution in [-0.2, 0) is 13.0 Å². The first-order valence-electron chi connectivity index (χ1n) is 7.61. The van der Waals surface area contributed by atoms with Crippen LogP contribution in [0.2, 0.25) is 5.28 Å². The molecule has 0 unspecified atom stereocenters. The summed E-state index contributed by atoms with van der Waals surface area (Å²) in [4.78, 5) is 9.72. The Kier molecular flexibility index (Phi) is 9.06. The minimum atomic E-state index is -0.410. The summed E-state index contributed by atoms with van der Waals surface area (Å²) >= 11 is 7.64. The van der Waals surface area contributed by atoms with Gasteiger partial charge in [-0.2, -0.15) is 4.98 Å². The van der Waals surface area contributed by atoms with E-state index in [1.54, 1.807) is 17.6 Å². The van der Waals surface area contributed by atoms with Crippen LogP contribution in [0.1, 0.15) is 22.6 Å². The Morgan fingerprint density at radius 2 is 2.15 bits per heavy atom. The van der Waals surface area contributed by atoms with E-state index in [-0.39, 0.29) is 36.1 Å². The fourth-order valence-corrected chi connectivity index (χ4v) is 3.96. The van der Waals surface area contributed by atoms with Gasteiger partial charge in [0.05, 0.1) is 29.7 Å². The van der Waals surface area contributed by atoms with E-state index in [0.29, 0.717) is 25.2 Å². The molecule has 0 spiro atoms. The first-order chi connectivity index (χ1) is 11.6. The van der Waals surface area contributed by atoms with Gasteiger partial charge in [-0.25, -0.2) is 4.98 Å². The number of hydrogen-bond donors (Lipinski definition) is 2. The fourth-order valence-electron chi connectivity index (χ4n) is 2.48.